The summed E-state index contributed by atoms with van der Waals surface area (Å²) in [5.41, 5.74) is 7.68. The lowest BCUT2D eigenvalue weighted by molar-refractivity contribution is -0.126. The summed E-state index contributed by atoms with van der Waals surface area (Å²) in [6.07, 6.45) is 2.26. The molecule has 9 heteroatoms. The normalized spacial score (nSPS) is 13.3. The number of carbonyl (C=O) groups is 2. The van der Waals surface area contributed by atoms with Gasteiger partial charge in [-0.25, -0.2) is 9.97 Å². The summed E-state index contributed by atoms with van der Waals surface area (Å²) >= 11 is 0. The van der Waals surface area contributed by atoms with Crippen LogP contribution in [0.4, 0.5) is 5.95 Å². The van der Waals surface area contributed by atoms with E-state index in [4.69, 9.17) is 4.98 Å². The highest BCUT2D eigenvalue weighted by Crippen LogP contribution is 2.23. The third-order valence-electron chi connectivity index (χ3n) is 5.05. The van der Waals surface area contributed by atoms with Crippen LogP contribution in [-0.2, 0) is 9.59 Å². The second-order valence-electron chi connectivity index (χ2n) is 7.50. The van der Waals surface area contributed by atoms with E-state index in [1.807, 2.05) is 54.6 Å². The van der Waals surface area contributed by atoms with Gasteiger partial charge in [-0.15, -0.1) is 5.10 Å². The highest BCUT2D eigenvalue weighted by atomic mass is 16.2. The zero-order chi connectivity index (χ0) is 21.2. The van der Waals surface area contributed by atoms with Gasteiger partial charge in [-0.05, 0) is 25.0 Å². The molecule has 0 saturated heterocycles. The van der Waals surface area contributed by atoms with Gasteiger partial charge < -0.3 is 5.32 Å². The molecule has 2 aromatic heterocycles. The van der Waals surface area contributed by atoms with Crippen LogP contribution >= 0.6 is 0 Å². The van der Waals surface area contributed by atoms with Crippen LogP contribution in [0.3, 0.4) is 0 Å². The summed E-state index contributed by atoms with van der Waals surface area (Å²) in [5, 5.41) is 8.31. The van der Waals surface area contributed by atoms with Crippen molar-refractivity contribution in [2.45, 2.75) is 31.7 Å². The van der Waals surface area contributed by atoms with Crippen LogP contribution in [0.2, 0.25) is 0 Å². The maximum Gasteiger partial charge on any atom is 0.245 e. The largest absolute Gasteiger partial charge is 0.353 e. The molecule has 0 atom stereocenters. The number of aromatic nitrogens is 4. The van der Waals surface area contributed by atoms with E-state index in [2.05, 4.69) is 26.3 Å². The van der Waals surface area contributed by atoms with Gasteiger partial charge in [-0.3, -0.25) is 20.4 Å². The van der Waals surface area contributed by atoms with E-state index >= 15 is 0 Å². The van der Waals surface area contributed by atoms with E-state index in [-0.39, 0.29) is 30.7 Å². The lowest BCUT2D eigenvalue weighted by Gasteiger charge is -2.10. The molecule has 1 aliphatic carbocycles. The summed E-state index contributed by atoms with van der Waals surface area (Å²) < 4.78 is 1.57. The Morgan fingerprint density at radius 1 is 0.935 bits per heavy atom. The van der Waals surface area contributed by atoms with Crippen LogP contribution < -0.4 is 16.2 Å². The summed E-state index contributed by atoms with van der Waals surface area (Å²) in [7, 11) is 0. The number of benzene rings is 2. The molecule has 2 amide bonds. The van der Waals surface area contributed by atoms with Crippen molar-refractivity contribution in [1.29, 1.82) is 0 Å². The summed E-state index contributed by atoms with van der Waals surface area (Å²) in [6, 6.07) is 17.6. The van der Waals surface area contributed by atoms with Gasteiger partial charge in [0.1, 0.15) is 0 Å². The SMILES string of the molecule is O=C(CCC(=O)NC1CC1)NNc1nc2ccccc2c2nc(-c3ccccc3)nn12. The van der Waals surface area contributed by atoms with Crippen molar-refractivity contribution in [3.8, 4) is 11.4 Å². The molecule has 0 bridgehead atoms. The van der Waals surface area contributed by atoms with E-state index in [9.17, 15) is 9.59 Å². The molecule has 0 unspecified atom stereocenters. The van der Waals surface area contributed by atoms with E-state index in [1.54, 1.807) is 4.52 Å². The first-order valence-corrected chi connectivity index (χ1v) is 10.2. The number of hydrazine groups is 1. The predicted molar refractivity (Wildman–Crippen MR) is 116 cm³/mol. The van der Waals surface area contributed by atoms with Gasteiger partial charge in [0.2, 0.25) is 17.8 Å². The highest BCUT2D eigenvalue weighted by molar-refractivity contribution is 5.93. The number of para-hydroxylation sites is 1. The van der Waals surface area contributed by atoms with Crippen molar-refractivity contribution in [3.05, 3.63) is 54.6 Å². The summed E-state index contributed by atoms with van der Waals surface area (Å²) in [6.45, 7) is 0. The molecule has 0 aliphatic heterocycles. The minimum absolute atomic E-state index is 0.0783. The van der Waals surface area contributed by atoms with Gasteiger partial charge in [0, 0.05) is 29.8 Å². The second-order valence-corrected chi connectivity index (χ2v) is 7.50. The minimum Gasteiger partial charge on any atom is -0.353 e. The number of hydrogen-bond acceptors (Lipinski definition) is 6. The zero-order valence-corrected chi connectivity index (χ0v) is 16.7. The molecule has 0 spiro atoms. The van der Waals surface area contributed by atoms with Crippen LogP contribution in [-0.4, -0.2) is 37.4 Å². The van der Waals surface area contributed by atoms with Gasteiger partial charge in [-0.2, -0.15) is 4.52 Å². The highest BCUT2D eigenvalue weighted by Gasteiger charge is 2.23. The fourth-order valence-electron chi connectivity index (χ4n) is 3.29. The lowest BCUT2D eigenvalue weighted by Crippen LogP contribution is -2.33. The molecule has 4 aromatic rings. The molecule has 2 aromatic carbocycles. The molecule has 156 valence electrons. The van der Waals surface area contributed by atoms with Crippen molar-refractivity contribution in [1.82, 2.24) is 30.3 Å². The summed E-state index contributed by atoms with van der Waals surface area (Å²) in [5.74, 6) is 0.481. The Morgan fingerprint density at radius 2 is 1.68 bits per heavy atom. The van der Waals surface area contributed by atoms with E-state index in [0.717, 1.165) is 29.3 Å². The second kappa shape index (κ2) is 8.02. The van der Waals surface area contributed by atoms with Gasteiger partial charge in [0.15, 0.2) is 11.5 Å². The number of rotatable bonds is 7. The molecule has 0 radical (unpaired) electrons. The molecule has 9 nitrogen and oxygen atoms in total. The number of anilines is 1. The van der Waals surface area contributed by atoms with Crippen LogP contribution in [0, 0.1) is 0 Å². The van der Waals surface area contributed by atoms with Crippen molar-refractivity contribution < 1.29 is 9.59 Å². The van der Waals surface area contributed by atoms with Gasteiger partial charge in [-0.1, -0.05) is 42.5 Å². The maximum absolute atomic E-state index is 12.2. The number of nitrogens with zero attached hydrogens (tertiary/aromatic N) is 4. The van der Waals surface area contributed by atoms with Crippen LogP contribution in [0.5, 0.6) is 0 Å². The average Bonchev–Trinajstić information content (AvgIpc) is 3.49. The lowest BCUT2D eigenvalue weighted by atomic mass is 10.2. The number of fused-ring (bicyclic) bond motifs is 3. The molecule has 2 heterocycles. The Balaban J connectivity index is 1.38. The number of carbonyl (C=O) groups excluding carboxylic acids is 2. The Morgan fingerprint density at radius 3 is 2.48 bits per heavy atom. The fourth-order valence-corrected chi connectivity index (χ4v) is 3.29. The molecule has 1 fully saturated rings. The maximum atomic E-state index is 12.2. The van der Waals surface area contributed by atoms with E-state index in [1.165, 1.54) is 0 Å². The monoisotopic (exact) mass is 415 g/mol. The standard InChI is InChI=1S/C22H21N7O2/c30-18(23-15-10-11-15)12-13-19(31)26-27-22-24-17-9-5-4-8-16(17)21-25-20(28-29(21)22)14-6-2-1-3-7-14/h1-9,15H,10-13H2,(H,23,30)(H,24,27)(H,26,31). The summed E-state index contributed by atoms with van der Waals surface area (Å²) in [4.78, 5) is 33.3. The number of amides is 2. The Bertz CT molecular complexity index is 1270. The molecule has 1 saturated carbocycles. The van der Waals surface area contributed by atoms with Gasteiger partial charge in [0.05, 0.1) is 5.52 Å². The minimum atomic E-state index is -0.308. The Hall–Kier alpha value is -4.01. The Labute approximate surface area is 177 Å². The first kappa shape index (κ1) is 19.0. The molecular formula is C22H21N7O2. The van der Waals surface area contributed by atoms with Crippen molar-refractivity contribution >= 4 is 34.3 Å². The first-order chi connectivity index (χ1) is 15.2. The first-order valence-electron chi connectivity index (χ1n) is 10.2. The Kier molecular flexibility index (Phi) is 4.91. The van der Waals surface area contributed by atoms with Gasteiger partial charge >= 0.3 is 0 Å². The molecule has 1 aliphatic rings. The van der Waals surface area contributed by atoms with Gasteiger partial charge in [0.25, 0.3) is 0 Å². The van der Waals surface area contributed by atoms with Crippen LogP contribution in [0.25, 0.3) is 27.9 Å². The smallest absolute Gasteiger partial charge is 0.245 e. The molecular weight excluding hydrogens is 394 g/mol. The van der Waals surface area contributed by atoms with Crippen LogP contribution in [0.15, 0.2) is 54.6 Å². The van der Waals surface area contributed by atoms with Crippen molar-refractivity contribution in [2.24, 2.45) is 0 Å². The van der Waals surface area contributed by atoms with Crippen LogP contribution in [0.1, 0.15) is 25.7 Å². The van der Waals surface area contributed by atoms with E-state index < -0.39 is 0 Å². The third kappa shape index (κ3) is 4.16. The van der Waals surface area contributed by atoms with Crippen molar-refractivity contribution in [3.63, 3.8) is 0 Å². The number of hydrogen-bond donors (Lipinski definition) is 3. The van der Waals surface area contributed by atoms with Crippen molar-refractivity contribution in [2.75, 3.05) is 5.43 Å². The third-order valence-corrected chi connectivity index (χ3v) is 5.05. The molecule has 3 N–H and O–H groups in total. The molecule has 31 heavy (non-hydrogen) atoms. The quantitative estimate of drug-likeness (QED) is 0.400. The zero-order valence-electron chi connectivity index (χ0n) is 16.7. The molecule has 5 rings (SSSR count). The topological polar surface area (TPSA) is 113 Å². The van der Waals surface area contributed by atoms with E-state index in [0.29, 0.717) is 17.4 Å². The predicted octanol–water partition coefficient (Wildman–Crippen LogP) is 2.45. The number of nitrogens with one attached hydrogen (secondary N) is 3. The average molecular weight is 415 g/mol. The fraction of sp³-hybridized carbons (Fsp3) is 0.227.